The Bertz CT molecular complexity index is 367. The maximum absolute atomic E-state index is 13.7. The minimum Gasteiger partial charge on any atom is -0.398 e. The van der Waals surface area contributed by atoms with E-state index in [4.69, 9.17) is 5.73 Å². The number of hydrogen-bond acceptors (Lipinski definition) is 3. The fourth-order valence-electron chi connectivity index (χ4n) is 2.38. The van der Waals surface area contributed by atoms with E-state index in [-0.39, 0.29) is 5.82 Å². The number of nitrogens with zero attached hydrogens (tertiary/aromatic N) is 1. The van der Waals surface area contributed by atoms with Crippen LogP contribution in [0, 0.1) is 5.82 Å². The number of thioether (sulfide) groups is 1. The SMILES string of the molecule is CC1CN(Cc2c(N)cccc2F)CC(C)S1. The van der Waals surface area contributed by atoms with Gasteiger partial charge in [0.1, 0.15) is 5.82 Å². The molecular formula is C13H19FN2S. The molecule has 1 heterocycles. The summed E-state index contributed by atoms with van der Waals surface area (Å²) in [4.78, 5) is 2.29. The third-order valence-corrected chi connectivity index (χ3v) is 4.26. The van der Waals surface area contributed by atoms with Crippen LogP contribution in [0.3, 0.4) is 0 Å². The van der Waals surface area contributed by atoms with Gasteiger partial charge < -0.3 is 5.73 Å². The van der Waals surface area contributed by atoms with Crippen LogP contribution >= 0.6 is 11.8 Å². The van der Waals surface area contributed by atoms with Crippen molar-refractivity contribution in [2.24, 2.45) is 0 Å². The number of halogens is 1. The summed E-state index contributed by atoms with van der Waals surface area (Å²) in [5.41, 5.74) is 7.03. The number of benzene rings is 1. The van der Waals surface area contributed by atoms with E-state index in [9.17, 15) is 4.39 Å². The zero-order valence-electron chi connectivity index (χ0n) is 10.3. The molecule has 0 amide bonds. The molecule has 2 nitrogen and oxygen atoms in total. The van der Waals surface area contributed by atoms with Crippen molar-refractivity contribution in [1.82, 2.24) is 4.90 Å². The summed E-state index contributed by atoms with van der Waals surface area (Å²) >= 11 is 2.00. The molecule has 1 aliphatic heterocycles. The first-order chi connectivity index (χ1) is 8.06. The minimum atomic E-state index is -0.191. The van der Waals surface area contributed by atoms with Crippen molar-refractivity contribution in [1.29, 1.82) is 0 Å². The highest BCUT2D eigenvalue weighted by Crippen LogP contribution is 2.27. The largest absolute Gasteiger partial charge is 0.398 e. The van der Waals surface area contributed by atoms with Gasteiger partial charge in [0.25, 0.3) is 0 Å². The highest BCUT2D eigenvalue weighted by molar-refractivity contribution is 8.00. The molecule has 1 aromatic carbocycles. The van der Waals surface area contributed by atoms with Crippen molar-refractivity contribution >= 4 is 17.4 Å². The third-order valence-electron chi connectivity index (χ3n) is 3.03. The fraction of sp³-hybridized carbons (Fsp3) is 0.538. The predicted molar refractivity (Wildman–Crippen MR) is 72.6 cm³/mol. The minimum absolute atomic E-state index is 0.191. The first kappa shape index (κ1) is 12.7. The van der Waals surface area contributed by atoms with Crippen molar-refractivity contribution in [3.63, 3.8) is 0 Å². The van der Waals surface area contributed by atoms with Gasteiger partial charge in [0.15, 0.2) is 0 Å². The number of hydrogen-bond donors (Lipinski definition) is 1. The summed E-state index contributed by atoms with van der Waals surface area (Å²) in [5, 5.41) is 1.21. The number of nitrogen functional groups attached to an aromatic ring is 1. The Morgan fingerprint density at radius 3 is 2.59 bits per heavy atom. The molecule has 0 saturated carbocycles. The van der Waals surface area contributed by atoms with Gasteiger partial charge in [0.05, 0.1) is 0 Å². The Hall–Kier alpha value is -0.740. The van der Waals surface area contributed by atoms with E-state index in [0.29, 0.717) is 28.3 Å². The lowest BCUT2D eigenvalue weighted by molar-refractivity contribution is 0.260. The average Bonchev–Trinajstić information content (AvgIpc) is 2.22. The number of nitrogens with two attached hydrogens (primary N) is 1. The first-order valence-corrected chi connectivity index (χ1v) is 6.91. The van der Waals surface area contributed by atoms with Crippen LogP contribution in [0.25, 0.3) is 0 Å². The molecule has 2 N–H and O–H groups in total. The van der Waals surface area contributed by atoms with Crippen LogP contribution in [-0.2, 0) is 6.54 Å². The first-order valence-electron chi connectivity index (χ1n) is 5.97. The Balaban J connectivity index is 2.10. The van der Waals surface area contributed by atoms with Crippen molar-refractivity contribution in [3.8, 4) is 0 Å². The van der Waals surface area contributed by atoms with Crippen LogP contribution in [0.4, 0.5) is 10.1 Å². The second-order valence-corrected chi connectivity index (χ2v) is 6.64. The molecular weight excluding hydrogens is 235 g/mol. The summed E-state index contributed by atoms with van der Waals surface area (Å²) in [6.07, 6.45) is 0. The molecule has 1 fully saturated rings. The highest BCUT2D eigenvalue weighted by Gasteiger charge is 2.23. The van der Waals surface area contributed by atoms with Crippen LogP contribution in [0.5, 0.6) is 0 Å². The van der Waals surface area contributed by atoms with E-state index in [1.54, 1.807) is 12.1 Å². The fourth-order valence-corrected chi connectivity index (χ4v) is 3.77. The van der Waals surface area contributed by atoms with Gasteiger partial charge in [-0.2, -0.15) is 11.8 Å². The normalized spacial score (nSPS) is 26.1. The molecule has 1 saturated heterocycles. The molecule has 0 aliphatic carbocycles. The molecule has 2 rings (SSSR count). The summed E-state index contributed by atoms with van der Waals surface area (Å²) in [6, 6.07) is 4.91. The van der Waals surface area contributed by atoms with Crippen LogP contribution in [-0.4, -0.2) is 28.5 Å². The van der Waals surface area contributed by atoms with Gasteiger partial charge in [-0.05, 0) is 12.1 Å². The summed E-state index contributed by atoms with van der Waals surface area (Å²) in [7, 11) is 0. The maximum atomic E-state index is 13.7. The predicted octanol–water partition coefficient (Wildman–Crippen LogP) is 2.73. The molecule has 0 spiro atoms. The zero-order chi connectivity index (χ0) is 12.4. The summed E-state index contributed by atoms with van der Waals surface area (Å²) in [5.74, 6) is -0.191. The van der Waals surface area contributed by atoms with E-state index in [2.05, 4.69) is 18.7 Å². The smallest absolute Gasteiger partial charge is 0.129 e. The molecule has 2 unspecified atom stereocenters. The quantitative estimate of drug-likeness (QED) is 0.823. The topological polar surface area (TPSA) is 29.3 Å². The maximum Gasteiger partial charge on any atom is 0.129 e. The average molecular weight is 254 g/mol. The molecule has 0 aromatic heterocycles. The standard InChI is InChI=1S/C13H19FN2S/c1-9-6-16(7-10(2)17-9)8-11-12(14)4-3-5-13(11)15/h3-5,9-10H,6-8,15H2,1-2H3. The molecule has 94 valence electrons. The van der Waals surface area contributed by atoms with E-state index < -0.39 is 0 Å². The van der Waals surface area contributed by atoms with Crippen molar-refractivity contribution < 1.29 is 4.39 Å². The summed E-state index contributed by atoms with van der Waals surface area (Å²) < 4.78 is 13.7. The third kappa shape index (κ3) is 3.13. The van der Waals surface area contributed by atoms with Gasteiger partial charge in [0, 0.05) is 41.4 Å². The molecule has 0 radical (unpaired) electrons. The number of rotatable bonds is 2. The van der Waals surface area contributed by atoms with Crippen molar-refractivity contribution in [2.75, 3.05) is 18.8 Å². The van der Waals surface area contributed by atoms with Crippen LogP contribution in [0.1, 0.15) is 19.4 Å². The van der Waals surface area contributed by atoms with E-state index >= 15 is 0 Å². The van der Waals surface area contributed by atoms with Crippen molar-refractivity contribution in [2.45, 2.75) is 30.9 Å². The Labute approximate surface area is 106 Å². The van der Waals surface area contributed by atoms with Crippen LogP contribution < -0.4 is 5.73 Å². The highest BCUT2D eigenvalue weighted by atomic mass is 32.2. The Morgan fingerprint density at radius 2 is 2.00 bits per heavy atom. The lowest BCUT2D eigenvalue weighted by atomic mass is 10.1. The van der Waals surface area contributed by atoms with E-state index in [1.165, 1.54) is 6.07 Å². The second kappa shape index (κ2) is 5.27. The van der Waals surface area contributed by atoms with Gasteiger partial charge in [0.2, 0.25) is 0 Å². The van der Waals surface area contributed by atoms with Crippen LogP contribution in [0.15, 0.2) is 18.2 Å². The summed E-state index contributed by atoms with van der Waals surface area (Å²) in [6.45, 7) is 7.06. The lowest BCUT2D eigenvalue weighted by Gasteiger charge is -2.34. The van der Waals surface area contributed by atoms with Gasteiger partial charge in [-0.3, -0.25) is 4.90 Å². The molecule has 17 heavy (non-hydrogen) atoms. The number of anilines is 1. The monoisotopic (exact) mass is 254 g/mol. The van der Waals surface area contributed by atoms with Gasteiger partial charge >= 0.3 is 0 Å². The molecule has 2 atom stereocenters. The van der Waals surface area contributed by atoms with Crippen molar-refractivity contribution in [3.05, 3.63) is 29.6 Å². The van der Waals surface area contributed by atoms with Gasteiger partial charge in [-0.1, -0.05) is 19.9 Å². The molecule has 1 aromatic rings. The second-order valence-electron chi connectivity index (χ2n) is 4.76. The molecule has 0 bridgehead atoms. The Kier molecular flexibility index (Phi) is 3.94. The lowest BCUT2D eigenvalue weighted by Crippen LogP contribution is -2.40. The van der Waals surface area contributed by atoms with E-state index in [1.807, 2.05) is 11.8 Å². The van der Waals surface area contributed by atoms with Gasteiger partial charge in [-0.25, -0.2) is 4.39 Å². The van der Waals surface area contributed by atoms with E-state index in [0.717, 1.165) is 13.1 Å². The van der Waals surface area contributed by atoms with Gasteiger partial charge in [-0.15, -0.1) is 0 Å². The Morgan fingerprint density at radius 1 is 1.35 bits per heavy atom. The van der Waals surface area contributed by atoms with Crippen LogP contribution in [0.2, 0.25) is 0 Å². The zero-order valence-corrected chi connectivity index (χ0v) is 11.1. The molecule has 4 heteroatoms. The molecule has 1 aliphatic rings.